The molecule has 1 saturated heterocycles. The Labute approximate surface area is 125 Å². The van der Waals surface area contributed by atoms with Crippen LogP contribution in [0.1, 0.15) is 26.7 Å². The lowest BCUT2D eigenvalue weighted by Gasteiger charge is -2.18. The van der Waals surface area contributed by atoms with Gasteiger partial charge in [-0.1, -0.05) is 6.92 Å². The molecule has 114 valence electrons. The normalized spacial score (nSPS) is 19.5. The van der Waals surface area contributed by atoms with Crippen LogP contribution >= 0.6 is 0 Å². The number of nitrogens with zero attached hydrogens (tertiary/aromatic N) is 1. The zero-order chi connectivity index (χ0) is 15.4. The Balaban J connectivity index is 2.03. The molecule has 2 amide bonds. The van der Waals surface area contributed by atoms with Gasteiger partial charge < -0.3 is 15.0 Å². The predicted octanol–water partition coefficient (Wildman–Crippen LogP) is 1.96. The first-order valence-electron chi connectivity index (χ1n) is 7.30. The highest BCUT2D eigenvalue weighted by Gasteiger charge is 2.35. The van der Waals surface area contributed by atoms with Crippen molar-refractivity contribution in [3.63, 3.8) is 0 Å². The minimum Gasteiger partial charge on any atom is -0.497 e. The zero-order valence-corrected chi connectivity index (χ0v) is 12.8. The Kier molecular flexibility index (Phi) is 4.83. The van der Waals surface area contributed by atoms with Gasteiger partial charge in [0.25, 0.3) is 0 Å². The number of hydrogen-bond acceptors (Lipinski definition) is 3. The van der Waals surface area contributed by atoms with Crippen molar-refractivity contribution in [3.8, 4) is 5.75 Å². The number of carbonyl (C=O) groups excluding carboxylic acids is 2. The second-order valence-corrected chi connectivity index (χ2v) is 5.42. The Morgan fingerprint density at radius 2 is 2.10 bits per heavy atom. The first kappa shape index (κ1) is 15.4. The molecule has 0 saturated carbocycles. The van der Waals surface area contributed by atoms with Crippen molar-refractivity contribution < 1.29 is 14.3 Å². The van der Waals surface area contributed by atoms with Crippen LogP contribution in [-0.4, -0.2) is 31.5 Å². The van der Waals surface area contributed by atoms with Gasteiger partial charge in [0.15, 0.2) is 0 Å². The number of rotatable bonds is 5. The SMILES string of the molecule is CC[C@H](C)NC(=O)[C@H]1CC(=O)N(c2ccc(OC)cc2)C1. The molecule has 1 aliphatic heterocycles. The Bertz CT molecular complexity index is 513. The number of benzene rings is 1. The Morgan fingerprint density at radius 1 is 1.43 bits per heavy atom. The molecular formula is C16H22N2O3. The van der Waals surface area contributed by atoms with Gasteiger partial charge in [-0.15, -0.1) is 0 Å². The first-order chi connectivity index (χ1) is 10.0. The second kappa shape index (κ2) is 6.61. The molecule has 1 N–H and O–H groups in total. The molecule has 0 radical (unpaired) electrons. The average molecular weight is 290 g/mol. The van der Waals surface area contributed by atoms with E-state index >= 15 is 0 Å². The maximum absolute atomic E-state index is 12.1. The van der Waals surface area contributed by atoms with Crippen molar-refractivity contribution in [2.75, 3.05) is 18.6 Å². The van der Waals surface area contributed by atoms with Crippen LogP contribution in [0.2, 0.25) is 0 Å². The van der Waals surface area contributed by atoms with Gasteiger partial charge in [0.2, 0.25) is 11.8 Å². The molecule has 5 heteroatoms. The smallest absolute Gasteiger partial charge is 0.227 e. The number of methoxy groups -OCH3 is 1. The van der Waals surface area contributed by atoms with E-state index in [2.05, 4.69) is 5.32 Å². The van der Waals surface area contributed by atoms with E-state index in [1.165, 1.54) is 0 Å². The molecule has 2 rings (SSSR count). The van der Waals surface area contributed by atoms with Gasteiger partial charge in [-0.2, -0.15) is 0 Å². The number of ether oxygens (including phenoxy) is 1. The summed E-state index contributed by atoms with van der Waals surface area (Å²) in [4.78, 5) is 25.9. The summed E-state index contributed by atoms with van der Waals surface area (Å²) in [5.41, 5.74) is 0.805. The standard InChI is InChI=1S/C16H22N2O3/c1-4-11(2)17-16(20)12-9-15(19)18(10-12)13-5-7-14(21-3)8-6-13/h5-8,11-12H,4,9-10H2,1-3H3,(H,17,20)/t11-,12-/m0/s1. The maximum Gasteiger partial charge on any atom is 0.227 e. The van der Waals surface area contributed by atoms with Crippen LogP contribution in [-0.2, 0) is 9.59 Å². The molecular weight excluding hydrogens is 268 g/mol. The fourth-order valence-corrected chi connectivity index (χ4v) is 2.36. The predicted molar refractivity (Wildman–Crippen MR) is 81.3 cm³/mol. The number of nitrogens with one attached hydrogen (secondary N) is 1. The quantitative estimate of drug-likeness (QED) is 0.902. The molecule has 1 aromatic rings. The summed E-state index contributed by atoms with van der Waals surface area (Å²) >= 11 is 0. The van der Waals surface area contributed by atoms with Crippen LogP contribution in [0.3, 0.4) is 0 Å². The fraction of sp³-hybridized carbons (Fsp3) is 0.500. The third-order valence-electron chi connectivity index (χ3n) is 3.88. The van der Waals surface area contributed by atoms with Gasteiger partial charge in [0.1, 0.15) is 5.75 Å². The van der Waals surface area contributed by atoms with Gasteiger partial charge >= 0.3 is 0 Å². The molecule has 0 aromatic heterocycles. The molecule has 1 fully saturated rings. The summed E-state index contributed by atoms with van der Waals surface area (Å²) in [7, 11) is 1.60. The number of hydrogen-bond donors (Lipinski definition) is 1. The van der Waals surface area contributed by atoms with Crippen LogP contribution in [0.15, 0.2) is 24.3 Å². The highest BCUT2D eigenvalue weighted by atomic mass is 16.5. The van der Waals surface area contributed by atoms with Gasteiger partial charge in [0, 0.05) is 24.7 Å². The molecule has 1 heterocycles. The first-order valence-corrected chi connectivity index (χ1v) is 7.30. The molecule has 2 atom stereocenters. The van der Waals surface area contributed by atoms with Crippen molar-refractivity contribution in [1.29, 1.82) is 0 Å². The van der Waals surface area contributed by atoms with Crippen molar-refractivity contribution in [2.24, 2.45) is 5.92 Å². The fourth-order valence-electron chi connectivity index (χ4n) is 2.36. The summed E-state index contributed by atoms with van der Waals surface area (Å²) in [6.45, 7) is 4.43. The van der Waals surface area contributed by atoms with E-state index in [0.717, 1.165) is 17.9 Å². The summed E-state index contributed by atoms with van der Waals surface area (Å²) in [5, 5.41) is 2.94. The van der Waals surface area contributed by atoms with Gasteiger partial charge in [-0.3, -0.25) is 9.59 Å². The maximum atomic E-state index is 12.1. The van der Waals surface area contributed by atoms with Gasteiger partial charge in [-0.25, -0.2) is 0 Å². The lowest BCUT2D eigenvalue weighted by molar-refractivity contribution is -0.126. The largest absolute Gasteiger partial charge is 0.497 e. The van der Waals surface area contributed by atoms with Gasteiger partial charge in [0.05, 0.1) is 13.0 Å². The summed E-state index contributed by atoms with van der Waals surface area (Å²) < 4.78 is 5.11. The lowest BCUT2D eigenvalue weighted by Crippen LogP contribution is -2.38. The van der Waals surface area contributed by atoms with Crippen molar-refractivity contribution in [1.82, 2.24) is 5.32 Å². The highest BCUT2D eigenvalue weighted by molar-refractivity contribution is 6.00. The third-order valence-corrected chi connectivity index (χ3v) is 3.88. The van der Waals surface area contributed by atoms with Gasteiger partial charge in [-0.05, 0) is 37.6 Å². The monoisotopic (exact) mass is 290 g/mol. The molecule has 21 heavy (non-hydrogen) atoms. The summed E-state index contributed by atoms with van der Waals surface area (Å²) in [6, 6.07) is 7.45. The summed E-state index contributed by atoms with van der Waals surface area (Å²) in [6.07, 6.45) is 1.16. The van der Waals surface area contributed by atoms with E-state index in [1.807, 2.05) is 38.1 Å². The van der Waals surface area contributed by atoms with Crippen LogP contribution in [0.4, 0.5) is 5.69 Å². The van der Waals surface area contributed by atoms with Crippen LogP contribution in [0.25, 0.3) is 0 Å². The molecule has 0 unspecified atom stereocenters. The van der Waals surface area contributed by atoms with E-state index in [0.29, 0.717) is 6.54 Å². The molecule has 0 aliphatic carbocycles. The molecule has 1 aliphatic rings. The topological polar surface area (TPSA) is 58.6 Å². The molecule has 0 spiro atoms. The highest BCUT2D eigenvalue weighted by Crippen LogP contribution is 2.26. The summed E-state index contributed by atoms with van der Waals surface area (Å²) in [5.74, 6) is 0.434. The van der Waals surface area contributed by atoms with Crippen LogP contribution in [0, 0.1) is 5.92 Å². The third kappa shape index (κ3) is 3.54. The average Bonchev–Trinajstić information content (AvgIpc) is 2.89. The van der Waals surface area contributed by atoms with Crippen molar-refractivity contribution in [3.05, 3.63) is 24.3 Å². The van der Waals surface area contributed by atoms with Crippen molar-refractivity contribution >= 4 is 17.5 Å². The Morgan fingerprint density at radius 3 is 2.67 bits per heavy atom. The lowest BCUT2D eigenvalue weighted by atomic mass is 10.1. The zero-order valence-electron chi connectivity index (χ0n) is 12.8. The van der Waals surface area contributed by atoms with Crippen LogP contribution in [0.5, 0.6) is 5.75 Å². The minimum absolute atomic E-state index is 0.00975. The van der Waals surface area contributed by atoms with E-state index < -0.39 is 0 Å². The van der Waals surface area contributed by atoms with Crippen molar-refractivity contribution in [2.45, 2.75) is 32.7 Å². The van der Waals surface area contributed by atoms with Crippen LogP contribution < -0.4 is 15.0 Å². The number of carbonyl (C=O) groups is 2. The van der Waals surface area contributed by atoms with E-state index in [1.54, 1.807) is 12.0 Å². The Hall–Kier alpha value is -2.04. The van der Waals surface area contributed by atoms with E-state index in [4.69, 9.17) is 4.74 Å². The molecule has 5 nitrogen and oxygen atoms in total. The minimum atomic E-state index is -0.270. The number of anilines is 1. The van der Waals surface area contributed by atoms with E-state index in [9.17, 15) is 9.59 Å². The number of amides is 2. The van der Waals surface area contributed by atoms with E-state index in [-0.39, 0.29) is 30.2 Å². The second-order valence-electron chi connectivity index (χ2n) is 5.42. The molecule has 0 bridgehead atoms. The molecule has 1 aromatic carbocycles.